The van der Waals surface area contributed by atoms with Crippen LogP contribution in [0.2, 0.25) is 0 Å². The Morgan fingerprint density at radius 2 is 1.80 bits per heavy atom. The van der Waals surface area contributed by atoms with Gasteiger partial charge >= 0.3 is 0 Å². The normalized spacial score (nSPS) is 10.7. The minimum absolute atomic E-state index is 0.203. The molecule has 5 nitrogen and oxygen atoms in total. The summed E-state index contributed by atoms with van der Waals surface area (Å²) in [7, 11) is 0. The van der Waals surface area contributed by atoms with Crippen LogP contribution in [0.3, 0.4) is 0 Å². The van der Waals surface area contributed by atoms with Gasteiger partial charge in [0.2, 0.25) is 0 Å². The molecule has 4 aromatic rings. The van der Waals surface area contributed by atoms with E-state index in [0.717, 1.165) is 36.3 Å². The van der Waals surface area contributed by atoms with Crippen LogP contribution in [-0.4, -0.2) is 22.4 Å². The highest BCUT2D eigenvalue weighted by Gasteiger charge is 2.18. The summed E-state index contributed by atoms with van der Waals surface area (Å²) in [5.74, 6) is 0.533. The lowest BCUT2D eigenvalue weighted by molar-refractivity contribution is 0.102. The number of fused-ring (bicyclic) bond motifs is 1. The predicted molar refractivity (Wildman–Crippen MR) is 122 cm³/mol. The van der Waals surface area contributed by atoms with Crippen molar-refractivity contribution in [2.75, 3.05) is 16.8 Å². The number of carbonyl (C=O) groups excluding carboxylic acids is 1. The van der Waals surface area contributed by atoms with Gasteiger partial charge in [-0.2, -0.15) is 0 Å². The van der Waals surface area contributed by atoms with Crippen LogP contribution in [0.1, 0.15) is 30.1 Å². The number of anilines is 3. The van der Waals surface area contributed by atoms with Crippen molar-refractivity contribution in [2.45, 2.75) is 19.8 Å². The average Bonchev–Trinajstić information content (AvgIpc) is 2.81. The van der Waals surface area contributed by atoms with Crippen LogP contribution in [0, 0.1) is 0 Å². The first-order chi connectivity index (χ1) is 14.8. The highest BCUT2D eigenvalue weighted by Crippen LogP contribution is 2.35. The first kappa shape index (κ1) is 19.6. The molecule has 0 atom stereocenters. The molecule has 0 aliphatic rings. The number of benzene rings is 2. The van der Waals surface area contributed by atoms with E-state index in [4.69, 9.17) is 0 Å². The largest absolute Gasteiger partial charge is 0.324 e. The molecule has 0 saturated carbocycles. The lowest BCUT2D eigenvalue weighted by Gasteiger charge is -2.27. The molecule has 0 bridgehead atoms. The summed E-state index contributed by atoms with van der Waals surface area (Å²) in [4.78, 5) is 23.7. The van der Waals surface area contributed by atoms with Gasteiger partial charge in [0.1, 0.15) is 0 Å². The van der Waals surface area contributed by atoms with Crippen molar-refractivity contribution in [2.24, 2.45) is 0 Å². The van der Waals surface area contributed by atoms with Gasteiger partial charge in [-0.3, -0.25) is 9.78 Å². The fourth-order valence-electron chi connectivity index (χ4n) is 3.50. The molecule has 1 N–H and O–H groups in total. The van der Waals surface area contributed by atoms with Gasteiger partial charge < -0.3 is 10.2 Å². The van der Waals surface area contributed by atoms with Crippen LogP contribution in [-0.2, 0) is 0 Å². The number of hydrogen-bond acceptors (Lipinski definition) is 4. The van der Waals surface area contributed by atoms with Gasteiger partial charge in [-0.15, -0.1) is 0 Å². The molecule has 0 fully saturated rings. The average molecular weight is 396 g/mol. The predicted octanol–water partition coefficient (Wildman–Crippen LogP) is 5.82. The molecule has 150 valence electrons. The number of amides is 1. The molecule has 0 aliphatic carbocycles. The van der Waals surface area contributed by atoms with Gasteiger partial charge in [0.15, 0.2) is 5.82 Å². The lowest BCUT2D eigenvalue weighted by Crippen LogP contribution is -2.23. The van der Waals surface area contributed by atoms with Crippen LogP contribution < -0.4 is 10.2 Å². The first-order valence-corrected chi connectivity index (χ1v) is 10.2. The highest BCUT2D eigenvalue weighted by molar-refractivity contribution is 6.06. The van der Waals surface area contributed by atoms with E-state index < -0.39 is 0 Å². The van der Waals surface area contributed by atoms with Crippen molar-refractivity contribution in [3.63, 3.8) is 0 Å². The second-order valence-electron chi connectivity index (χ2n) is 7.07. The third-order valence-electron chi connectivity index (χ3n) is 5.01. The Hall–Kier alpha value is -3.73. The van der Waals surface area contributed by atoms with E-state index in [1.165, 1.54) is 5.39 Å². The molecule has 0 unspecified atom stereocenters. The Kier molecular flexibility index (Phi) is 5.99. The topological polar surface area (TPSA) is 58.1 Å². The minimum atomic E-state index is -0.203. The van der Waals surface area contributed by atoms with E-state index in [1.807, 2.05) is 24.3 Å². The van der Waals surface area contributed by atoms with Crippen molar-refractivity contribution in [3.05, 3.63) is 90.9 Å². The number of rotatable bonds is 7. The van der Waals surface area contributed by atoms with E-state index in [9.17, 15) is 4.79 Å². The summed E-state index contributed by atoms with van der Waals surface area (Å²) in [6.45, 7) is 2.97. The molecule has 0 saturated heterocycles. The van der Waals surface area contributed by atoms with Crippen LogP contribution in [0.4, 0.5) is 17.2 Å². The molecule has 0 aliphatic heterocycles. The monoisotopic (exact) mass is 396 g/mol. The zero-order valence-corrected chi connectivity index (χ0v) is 17.0. The van der Waals surface area contributed by atoms with Crippen molar-refractivity contribution in [3.8, 4) is 0 Å². The minimum Gasteiger partial charge on any atom is -0.324 e. The smallest absolute Gasteiger partial charge is 0.257 e. The van der Waals surface area contributed by atoms with Crippen LogP contribution in [0.5, 0.6) is 0 Å². The first-order valence-electron chi connectivity index (χ1n) is 10.2. The molecular formula is C25H24N4O. The molecule has 4 rings (SSSR count). The SMILES string of the molecule is CCCCN(c1ncccc1NC(=O)c1cccnc1)c1cccc2ccccc12. The van der Waals surface area contributed by atoms with Gasteiger partial charge in [-0.25, -0.2) is 4.98 Å². The van der Waals surface area contributed by atoms with E-state index in [2.05, 4.69) is 57.4 Å². The molecule has 5 heteroatoms. The number of hydrogen-bond donors (Lipinski definition) is 1. The maximum Gasteiger partial charge on any atom is 0.257 e. The van der Waals surface area contributed by atoms with Crippen molar-refractivity contribution < 1.29 is 4.79 Å². The van der Waals surface area contributed by atoms with Crippen molar-refractivity contribution in [1.29, 1.82) is 0 Å². The van der Waals surface area contributed by atoms with E-state index in [0.29, 0.717) is 11.3 Å². The number of unbranched alkanes of at least 4 members (excludes halogenated alkanes) is 1. The number of carbonyl (C=O) groups is 1. The van der Waals surface area contributed by atoms with Gasteiger partial charge in [-0.05, 0) is 42.1 Å². The molecule has 2 aromatic heterocycles. The molecule has 0 radical (unpaired) electrons. The Bertz CT molecular complexity index is 1140. The second kappa shape index (κ2) is 9.18. The Labute approximate surface area is 176 Å². The molecular weight excluding hydrogens is 372 g/mol. The molecule has 30 heavy (non-hydrogen) atoms. The zero-order chi connectivity index (χ0) is 20.8. The fourth-order valence-corrected chi connectivity index (χ4v) is 3.50. The summed E-state index contributed by atoms with van der Waals surface area (Å²) in [5, 5.41) is 5.35. The highest BCUT2D eigenvalue weighted by atomic mass is 16.1. The number of nitrogens with one attached hydrogen (secondary N) is 1. The quantitative estimate of drug-likeness (QED) is 0.428. The standard InChI is InChI=1S/C25H24N4O/c1-2-3-17-29(23-14-6-10-19-9-4-5-12-21(19)23)24-22(13-8-16-27-24)28-25(30)20-11-7-15-26-18-20/h4-16,18H,2-3,17H2,1H3,(H,28,30). The summed E-state index contributed by atoms with van der Waals surface area (Å²) < 4.78 is 0. The number of nitrogens with zero attached hydrogens (tertiary/aromatic N) is 3. The Balaban J connectivity index is 1.76. The van der Waals surface area contributed by atoms with Crippen LogP contribution in [0.25, 0.3) is 10.8 Å². The summed E-state index contributed by atoms with van der Waals surface area (Å²) in [6.07, 6.45) is 7.05. The number of pyridine rings is 2. The van der Waals surface area contributed by atoms with E-state index in [-0.39, 0.29) is 5.91 Å². The van der Waals surface area contributed by atoms with Gasteiger partial charge in [-0.1, -0.05) is 49.7 Å². The second-order valence-corrected chi connectivity index (χ2v) is 7.07. The fraction of sp³-hybridized carbons (Fsp3) is 0.160. The lowest BCUT2D eigenvalue weighted by atomic mass is 10.1. The molecule has 1 amide bonds. The van der Waals surface area contributed by atoms with Gasteiger partial charge in [0, 0.05) is 30.5 Å². The van der Waals surface area contributed by atoms with Crippen LogP contribution >= 0.6 is 0 Å². The Morgan fingerprint density at radius 1 is 0.967 bits per heavy atom. The van der Waals surface area contributed by atoms with E-state index in [1.54, 1.807) is 30.7 Å². The van der Waals surface area contributed by atoms with Crippen LogP contribution in [0.15, 0.2) is 85.3 Å². The molecule has 0 spiro atoms. The Morgan fingerprint density at radius 3 is 2.63 bits per heavy atom. The third kappa shape index (κ3) is 4.15. The zero-order valence-electron chi connectivity index (χ0n) is 17.0. The molecule has 2 aromatic carbocycles. The molecule has 2 heterocycles. The van der Waals surface area contributed by atoms with Crippen molar-refractivity contribution in [1.82, 2.24) is 9.97 Å². The summed E-state index contributed by atoms with van der Waals surface area (Å²) >= 11 is 0. The van der Waals surface area contributed by atoms with Crippen molar-refractivity contribution >= 4 is 33.9 Å². The third-order valence-corrected chi connectivity index (χ3v) is 5.01. The van der Waals surface area contributed by atoms with E-state index >= 15 is 0 Å². The summed E-state index contributed by atoms with van der Waals surface area (Å²) in [5.41, 5.74) is 2.27. The number of aromatic nitrogens is 2. The van der Waals surface area contributed by atoms with Gasteiger partial charge in [0.25, 0.3) is 5.91 Å². The van der Waals surface area contributed by atoms with Gasteiger partial charge in [0.05, 0.1) is 16.9 Å². The summed E-state index contributed by atoms with van der Waals surface area (Å²) in [6, 6.07) is 21.8. The maximum absolute atomic E-state index is 12.8. The maximum atomic E-state index is 12.8.